The number of hydrogen-bond acceptors (Lipinski definition) is 5. The van der Waals surface area contributed by atoms with Crippen molar-refractivity contribution in [3.05, 3.63) is 40.8 Å². The maximum Gasteiger partial charge on any atom is 0.257 e. The van der Waals surface area contributed by atoms with Crippen molar-refractivity contribution in [3.8, 4) is 0 Å². The Morgan fingerprint density at radius 2 is 2.04 bits per heavy atom. The predicted molar refractivity (Wildman–Crippen MR) is 106 cm³/mol. The molecule has 146 valence electrons. The van der Waals surface area contributed by atoms with E-state index in [0.29, 0.717) is 18.2 Å². The monoisotopic (exact) mass is 390 g/mol. The number of nitrogens with one attached hydrogen (secondary N) is 2. The van der Waals surface area contributed by atoms with Gasteiger partial charge in [-0.05, 0) is 30.9 Å². The fourth-order valence-corrected chi connectivity index (χ4v) is 4.81. The van der Waals surface area contributed by atoms with Gasteiger partial charge < -0.3 is 20.1 Å². The van der Waals surface area contributed by atoms with Gasteiger partial charge in [0.15, 0.2) is 6.29 Å². The molecule has 3 atom stereocenters. The summed E-state index contributed by atoms with van der Waals surface area (Å²) in [6, 6.07) is 9.88. The summed E-state index contributed by atoms with van der Waals surface area (Å²) in [6.45, 7) is 0.321. The van der Waals surface area contributed by atoms with Crippen LogP contribution in [0.2, 0.25) is 0 Å². The molecule has 3 unspecified atom stereocenters. The van der Waals surface area contributed by atoms with E-state index in [0.717, 1.165) is 23.3 Å². The van der Waals surface area contributed by atoms with Gasteiger partial charge in [-0.2, -0.15) is 0 Å². The normalized spacial score (nSPS) is 26.6. The van der Waals surface area contributed by atoms with Crippen LogP contribution < -0.4 is 10.6 Å². The first-order chi connectivity index (χ1) is 13.1. The maximum atomic E-state index is 12.5. The molecule has 2 N–H and O–H groups in total. The zero-order valence-electron chi connectivity index (χ0n) is 15.6. The topological polar surface area (TPSA) is 76.7 Å². The second kappa shape index (κ2) is 9.39. The second-order valence-corrected chi connectivity index (χ2v) is 8.09. The number of amides is 2. The molecule has 1 saturated heterocycles. The third kappa shape index (κ3) is 5.12. The van der Waals surface area contributed by atoms with Crippen molar-refractivity contribution in [1.82, 2.24) is 10.6 Å². The first kappa shape index (κ1) is 19.9. The van der Waals surface area contributed by atoms with Gasteiger partial charge in [0.25, 0.3) is 5.91 Å². The molecule has 2 fully saturated rings. The van der Waals surface area contributed by atoms with E-state index >= 15 is 0 Å². The van der Waals surface area contributed by atoms with Crippen LogP contribution in [-0.2, 0) is 19.1 Å². The summed E-state index contributed by atoms with van der Waals surface area (Å²) in [5.41, 5.74) is 1.02. The molecule has 1 aliphatic heterocycles. The lowest BCUT2D eigenvalue weighted by molar-refractivity contribution is -0.132. The number of benzene rings is 1. The lowest BCUT2D eigenvalue weighted by Crippen LogP contribution is -2.52. The molecule has 1 saturated carbocycles. The minimum Gasteiger partial charge on any atom is -0.354 e. The van der Waals surface area contributed by atoms with Crippen molar-refractivity contribution in [2.75, 3.05) is 20.8 Å². The number of rotatable bonds is 6. The Hall–Kier alpha value is -1.83. The van der Waals surface area contributed by atoms with E-state index in [9.17, 15) is 9.59 Å². The number of carbonyl (C=O) groups excluding carboxylic acids is 2. The number of carbonyl (C=O) groups is 2. The summed E-state index contributed by atoms with van der Waals surface area (Å²) in [7, 11) is 3.09. The van der Waals surface area contributed by atoms with Gasteiger partial charge in [-0.3, -0.25) is 9.59 Å². The molecule has 3 rings (SSSR count). The third-order valence-corrected chi connectivity index (χ3v) is 6.47. The molecule has 0 spiro atoms. The highest BCUT2D eigenvalue weighted by molar-refractivity contribution is 8.04. The van der Waals surface area contributed by atoms with Gasteiger partial charge in [0.1, 0.15) is 0 Å². The van der Waals surface area contributed by atoms with Crippen LogP contribution in [0.5, 0.6) is 0 Å². The Balaban J connectivity index is 1.57. The summed E-state index contributed by atoms with van der Waals surface area (Å²) < 4.78 is 10.2. The van der Waals surface area contributed by atoms with Crippen LogP contribution in [-0.4, -0.2) is 50.2 Å². The quantitative estimate of drug-likeness (QED) is 0.575. The van der Waals surface area contributed by atoms with Gasteiger partial charge >= 0.3 is 0 Å². The Bertz CT molecular complexity index is 690. The molecule has 1 aromatic carbocycles. The molecule has 6 nitrogen and oxygen atoms in total. The summed E-state index contributed by atoms with van der Waals surface area (Å²) in [4.78, 5) is 25.7. The highest BCUT2D eigenvalue weighted by Crippen LogP contribution is 2.39. The number of methoxy groups -OCH3 is 2. The minimum absolute atomic E-state index is 0.00239. The lowest BCUT2D eigenvalue weighted by atomic mass is 9.84. The van der Waals surface area contributed by atoms with E-state index in [1.165, 1.54) is 0 Å². The summed E-state index contributed by atoms with van der Waals surface area (Å²) >= 11 is 1.63. The third-order valence-electron chi connectivity index (χ3n) is 5.04. The van der Waals surface area contributed by atoms with Crippen molar-refractivity contribution >= 4 is 29.7 Å². The molecule has 0 aromatic heterocycles. The van der Waals surface area contributed by atoms with Crippen LogP contribution >= 0.6 is 11.8 Å². The largest absolute Gasteiger partial charge is 0.354 e. The summed E-state index contributed by atoms with van der Waals surface area (Å²) in [5.74, 6) is -0.149. The van der Waals surface area contributed by atoms with Crippen molar-refractivity contribution in [1.29, 1.82) is 0 Å². The maximum absolute atomic E-state index is 12.5. The van der Waals surface area contributed by atoms with E-state index in [2.05, 4.69) is 10.6 Å². The first-order valence-electron chi connectivity index (χ1n) is 9.18. The summed E-state index contributed by atoms with van der Waals surface area (Å²) in [5, 5.41) is 6.30. The number of ether oxygens (including phenoxy) is 2. The van der Waals surface area contributed by atoms with E-state index in [4.69, 9.17) is 9.47 Å². The van der Waals surface area contributed by atoms with Crippen LogP contribution in [0.3, 0.4) is 0 Å². The number of fused-ring (bicyclic) bond motifs is 1. The van der Waals surface area contributed by atoms with Crippen LogP contribution in [0, 0.1) is 5.92 Å². The summed E-state index contributed by atoms with van der Waals surface area (Å²) in [6.07, 6.45) is 3.88. The van der Waals surface area contributed by atoms with Gasteiger partial charge in [-0.25, -0.2) is 0 Å². The Morgan fingerprint density at radius 1 is 1.30 bits per heavy atom. The van der Waals surface area contributed by atoms with Gasteiger partial charge in [0.2, 0.25) is 5.91 Å². The molecule has 1 aromatic rings. The molecular formula is C20H26N2O4S. The van der Waals surface area contributed by atoms with Crippen molar-refractivity contribution in [3.63, 3.8) is 0 Å². The zero-order chi connectivity index (χ0) is 19.2. The first-order valence-corrected chi connectivity index (χ1v) is 10.1. The average molecular weight is 391 g/mol. The molecule has 27 heavy (non-hydrogen) atoms. The second-order valence-electron chi connectivity index (χ2n) is 6.81. The standard InChI is InChI=1S/C20H26N2O4S/c1-25-18(26-2)12-21-19(23)14-8-9-16-15(11-14)22-20(24)17(27-16)10-13-6-4-3-5-7-13/h3-7,10,14-16,18H,8-9,11-12H2,1-2H3,(H,21,23)(H,22,24)/b17-10-. The van der Waals surface area contributed by atoms with Crippen LogP contribution in [0.1, 0.15) is 24.8 Å². The fraction of sp³-hybridized carbons (Fsp3) is 0.500. The molecule has 1 aliphatic carbocycles. The highest BCUT2D eigenvalue weighted by Gasteiger charge is 2.39. The van der Waals surface area contributed by atoms with Crippen molar-refractivity contribution < 1.29 is 19.1 Å². The molecular weight excluding hydrogens is 364 g/mol. The average Bonchev–Trinajstić information content (AvgIpc) is 2.69. The van der Waals surface area contributed by atoms with Crippen LogP contribution in [0.15, 0.2) is 35.2 Å². The molecule has 2 amide bonds. The van der Waals surface area contributed by atoms with E-state index in [1.54, 1.807) is 26.0 Å². The van der Waals surface area contributed by atoms with Gasteiger partial charge in [-0.1, -0.05) is 30.3 Å². The van der Waals surface area contributed by atoms with Gasteiger partial charge in [0.05, 0.1) is 11.4 Å². The number of hydrogen-bond donors (Lipinski definition) is 2. The molecule has 0 bridgehead atoms. The number of thioether (sulfide) groups is 1. The van der Waals surface area contributed by atoms with E-state index in [-0.39, 0.29) is 23.8 Å². The van der Waals surface area contributed by atoms with Crippen molar-refractivity contribution in [2.45, 2.75) is 36.8 Å². The predicted octanol–water partition coefficient (Wildman–Crippen LogP) is 2.16. The Kier molecular flexibility index (Phi) is 6.93. The minimum atomic E-state index is -0.444. The fourth-order valence-electron chi connectivity index (χ4n) is 3.52. The van der Waals surface area contributed by atoms with E-state index < -0.39 is 6.29 Å². The van der Waals surface area contributed by atoms with E-state index in [1.807, 2.05) is 36.4 Å². The van der Waals surface area contributed by atoms with Gasteiger partial charge in [0, 0.05) is 31.4 Å². The van der Waals surface area contributed by atoms with Crippen molar-refractivity contribution in [2.24, 2.45) is 5.92 Å². The highest BCUT2D eigenvalue weighted by atomic mass is 32.2. The molecule has 0 radical (unpaired) electrons. The smallest absolute Gasteiger partial charge is 0.257 e. The van der Waals surface area contributed by atoms with Crippen LogP contribution in [0.25, 0.3) is 6.08 Å². The van der Waals surface area contributed by atoms with Gasteiger partial charge in [-0.15, -0.1) is 11.8 Å². The Morgan fingerprint density at radius 3 is 2.74 bits per heavy atom. The molecule has 1 heterocycles. The lowest BCUT2D eigenvalue weighted by Gasteiger charge is -2.39. The Labute approximate surface area is 164 Å². The zero-order valence-corrected chi connectivity index (χ0v) is 16.5. The van der Waals surface area contributed by atoms with Crippen LogP contribution in [0.4, 0.5) is 0 Å². The SMILES string of the molecule is COC(CNC(=O)C1CCC2S/C(=C\c3ccccc3)C(=O)NC2C1)OC. The molecule has 2 aliphatic rings. The molecule has 7 heteroatoms.